The molecule has 4 heteroatoms. The van der Waals surface area contributed by atoms with E-state index in [1.54, 1.807) is 0 Å². The maximum absolute atomic E-state index is 9.45. The van der Waals surface area contributed by atoms with Crippen molar-refractivity contribution in [2.75, 3.05) is 13.2 Å². The molecule has 4 nitrogen and oxygen atoms in total. The Labute approximate surface area is 194 Å². The molecule has 1 atom stereocenters. The molecular weight excluding hydrogens is 388 g/mol. The van der Waals surface area contributed by atoms with Crippen molar-refractivity contribution in [2.24, 2.45) is 0 Å². The van der Waals surface area contributed by atoms with E-state index in [0.29, 0.717) is 0 Å². The van der Waals surface area contributed by atoms with E-state index in [4.69, 9.17) is 14.9 Å². The van der Waals surface area contributed by atoms with Gasteiger partial charge in [-0.2, -0.15) is 0 Å². The Morgan fingerprint density at radius 2 is 0.806 bits per heavy atom. The summed E-state index contributed by atoms with van der Waals surface area (Å²) in [5.74, 6) is -1.19. The lowest BCUT2D eigenvalue weighted by Gasteiger charge is -2.05. The minimum absolute atomic E-state index is 0.993. The predicted molar refractivity (Wildman–Crippen MR) is 134 cm³/mol. The molecule has 0 aromatic heterocycles. The fourth-order valence-corrected chi connectivity index (χ4v) is 3.49. The van der Waals surface area contributed by atoms with Gasteiger partial charge in [-0.15, -0.1) is 0 Å². The normalized spacial score (nSPS) is 11.7. The molecule has 0 heterocycles. The van der Waals surface area contributed by atoms with Crippen molar-refractivity contribution in [2.45, 2.75) is 155 Å². The van der Waals surface area contributed by atoms with E-state index in [-0.39, 0.29) is 0 Å². The molecular formula is C27H56O4. The molecule has 31 heavy (non-hydrogen) atoms. The standard InChI is InChI=1S/C24H50O.C3H6O3/c1-3-5-7-9-11-13-14-15-16-18-20-22-24-25-23-21-19-17-12-10-8-6-4-2;1-2(4)3(5)6/h3-24H2,1-2H3;2,4H,1H3,(H,5,6). The van der Waals surface area contributed by atoms with Crippen LogP contribution in [0.3, 0.4) is 0 Å². The molecule has 0 aromatic carbocycles. The number of carbonyl (C=O) groups is 1. The second kappa shape index (κ2) is 29.4. The van der Waals surface area contributed by atoms with Gasteiger partial charge in [-0.3, -0.25) is 0 Å². The first-order chi connectivity index (χ1) is 15.1. The third-order valence-corrected chi connectivity index (χ3v) is 5.64. The summed E-state index contributed by atoms with van der Waals surface area (Å²) in [4.78, 5) is 9.45. The lowest BCUT2D eigenvalue weighted by Crippen LogP contribution is -2.13. The minimum Gasteiger partial charge on any atom is -0.479 e. The highest BCUT2D eigenvalue weighted by Gasteiger charge is 2.01. The SMILES string of the molecule is CC(O)C(=O)O.CCCCCCCCCCCCCCOCCCCCCCCCC. The zero-order valence-electron chi connectivity index (χ0n) is 21.3. The molecule has 0 saturated heterocycles. The number of carboxylic acid groups (broad SMARTS) is 1. The van der Waals surface area contributed by atoms with E-state index in [1.165, 1.54) is 135 Å². The monoisotopic (exact) mass is 444 g/mol. The average Bonchev–Trinajstić information content (AvgIpc) is 2.75. The van der Waals surface area contributed by atoms with Crippen LogP contribution in [0.4, 0.5) is 0 Å². The van der Waals surface area contributed by atoms with Gasteiger partial charge < -0.3 is 14.9 Å². The maximum atomic E-state index is 9.45. The molecule has 1 unspecified atom stereocenters. The molecule has 0 fully saturated rings. The molecule has 0 rings (SSSR count). The van der Waals surface area contributed by atoms with Crippen LogP contribution in [0.5, 0.6) is 0 Å². The van der Waals surface area contributed by atoms with Crippen LogP contribution in [0, 0.1) is 0 Å². The average molecular weight is 445 g/mol. The number of carboxylic acids is 1. The van der Waals surface area contributed by atoms with Crippen LogP contribution < -0.4 is 0 Å². The van der Waals surface area contributed by atoms with Crippen molar-refractivity contribution < 1.29 is 19.7 Å². The number of aliphatic carboxylic acids is 1. The van der Waals surface area contributed by atoms with Crippen LogP contribution >= 0.6 is 0 Å². The first kappa shape index (κ1) is 32.6. The molecule has 0 aliphatic heterocycles. The summed E-state index contributed by atoms with van der Waals surface area (Å²) in [7, 11) is 0. The fourth-order valence-electron chi connectivity index (χ4n) is 3.49. The largest absolute Gasteiger partial charge is 0.479 e. The van der Waals surface area contributed by atoms with Crippen molar-refractivity contribution >= 4 is 5.97 Å². The van der Waals surface area contributed by atoms with Gasteiger partial charge in [-0.25, -0.2) is 4.79 Å². The summed E-state index contributed by atoms with van der Waals surface area (Å²) in [6, 6.07) is 0. The van der Waals surface area contributed by atoms with Crippen LogP contribution in [0.25, 0.3) is 0 Å². The van der Waals surface area contributed by atoms with Crippen LogP contribution in [-0.2, 0) is 9.53 Å². The molecule has 0 bridgehead atoms. The summed E-state index contributed by atoms with van der Waals surface area (Å²) in [6.45, 7) is 7.76. The van der Waals surface area contributed by atoms with Gasteiger partial charge in [0.2, 0.25) is 0 Å². The number of ether oxygens (including phenoxy) is 1. The molecule has 0 saturated carbocycles. The molecule has 0 aromatic rings. The molecule has 0 amide bonds. The van der Waals surface area contributed by atoms with Crippen molar-refractivity contribution in [3.8, 4) is 0 Å². The lowest BCUT2D eigenvalue weighted by atomic mass is 10.1. The zero-order valence-corrected chi connectivity index (χ0v) is 21.3. The quantitative estimate of drug-likeness (QED) is 0.155. The number of unbranched alkanes of at least 4 members (excludes halogenated alkanes) is 18. The highest BCUT2D eigenvalue weighted by molar-refractivity contribution is 5.71. The van der Waals surface area contributed by atoms with Gasteiger partial charge in [-0.05, 0) is 19.8 Å². The fraction of sp³-hybridized carbons (Fsp3) is 0.963. The summed E-state index contributed by atoms with van der Waals surface area (Å²) in [5.41, 5.74) is 0. The second-order valence-corrected chi connectivity index (χ2v) is 8.99. The Balaban J connectivity index is 0. The topological polar surface area (TPSA) is 66.8 Å². The van der Waals surface area contributed by atoms with E-state index in [1.807, 2.05) is 0 Å². The maximum Gasteiger partial charge on any atom is 0.332 e. The number of hydrogen-bond donors (Lipinski definition) is 2. The van der Waals surface area contributed by atoms with Gasteiger partial charge in [0.15, 0.2) is 0 Å². The molecule has 0 spiro atoms. The van der Waals surface area contributed by atoms with E-state index < -0.39 is 12.1 Å². The molecule has 2 N–H and O–H groups in total. The molecule has 0 aliphatic rings. The molecule has 188 valence electrons. The highest BCUT2D eigenvalue weighted by Crippen LogP contribution is 2.12. The smallest absolute Gasteiger partial charge is 0.332 e. The minimum atomic E-state index is -1.23. The van der Waals surface area contributed by atoms with E-state index in [0.717, 1.165) is 13.2 Å². The Bertz CT molecular complexity index is 309. The lowest BCUT2D eigenvalue weighted by molar-refractivity contribution is -0.145. The second-order valence-electron chi connectivity index (χ2n) is 8.99. The number of aliphatic hydroxyl groups excluding tert-OH is 1. The number of hydrogen-bond acceptors (Lipinski definition) is 3. The predicted octanol–water partition coefficient (Wildman–Crippen LogP) is 8.30. The molecule has 0 radical (unpaired) electrons. The van der Waals surface area contributed by atoms with E-state index in [9.17, 15) is 4.79 Å². The Morgan fingerprint density at radius 1 is 0.581 bits per heavy atom. The number of aliphatic hydroxyl groups is 1. The van der Waals surface area contributed by atoms with Gasteiger partial charge >= 0.3 is 5.97 Å². The van der Waals surface area contributed by atoms with Gasteiger partial charge in [0.25, 0.3) is 0 Å². The van der Waals surface area contributed by atoms with Gasteiger partial charge in [0, 0.05) is 13.2 Å². The van der Waals surface area contributed by atoms with E-state index >= 15 is 0 Å². The third kappa shape index (κ3) is 34.2. The van der Waals surface area contributed by atoms with Crippen molar-refractivity contribution in [1.29, 1.82) is 0 Å². The third-order valence-electron chi connectivity index (χ3n) is 5.64. The summed E-state index contributed by atoms with van der Waals surface area (Å²) in [6.07, 6.45) is 26.9. The summed E-state index contributed by atoms with van der Waals surface area (Å²) < 4.78 is 5.77. The van der Waals surface area contributed by atoms with Crippen molar-refractivity contribution in [3.63, 3.8) is 0 Å². The summed E-state index contributed by atoms with van der Waals surface area (Å²) >= 11 is 0. The molecule has 0 aliphatic carbocycles. The Morgan fingerprint density at radius 3 is 1.03 bits per heavy atom. The summed E-state index contributed by atoms with van der Waals surface area (Å²) in [5, 5.41) is 15.8. The van der Waals surface area contributed by atoms with E-state index in [2.05, 4.69) is 13.8 Å². The van der Waals surface area contributed by atoms with Crippen LogP contribution in [-0.4, -0.2) is 35.5 Å². The Kier molecular flexibility index (Phi) is 30.9. The number of rotatable bonds is 23. The highest BCUT2D eigenvalue weighted by atomic mass is 16.5. The zero-order chi connectivity index (χ0) is 23.4. The Hall–Kier alpha value is -0.610. The van der Waals surface area contributed by atoms with Gasteiger partial charge in [0.1, 0.15) is 6.10 Å². The first-order valence-corrected chi connectivity index (χ1v) is 13.5. The first-order valence-electron chi connectivity index (χ1n) is 13.5. The van der Waals surface area contributed by atoms with Crippen molar-refractivity contribution in [3.05, 3.63) is 0 Å². The van der Waals surface area contributed by atoms with Crippen LogP contribution in [0.1, 0.15) is 149 Å². The van der Waals surface area contributed by atoms with Crippen LogP contribution in [0.15, 0.2) is 0 Å². The van der Waals surface area contributed by atoms with Gasteiger partial charge in [0.05, 0.1) is 0 Å². The van der Waals surface area contributed by atoms with Gasteiger partial charge in [-0.1, -0.05) is 129 Å². The van der Waals surface area contributed by atoms with Crippen molar-refractivity contribution in [1.82, 2.24) is 0 Å². The van der Waals surface area contributed by atoms with Crippen LogP contribution in [0.2, 0.25) is 0 Å².